The first-order valence-corrected chi connectivity index (χ1v) is 12.0. The number of nitrogens with one attached hydrogen (secondary N) is 2. The quantitative estimate of drug-likeness (QED) is 0.366. The number of aromatic nitrogens is 5. The van der Waals surface area contributed by atoms with Crippen LogP contribution in [0.4, 0.5) is 17.2 Å². The molecule has 184 valence electrons. The van der Waals surface area contributed by atoms with E-state index in [1.165, 1.54) is 22.4 Å². The van der Waals surface area contributed by atoms with Crippen molar-refractivity contribution in [2.75, 3.05) is 29.9 Å². The highest BCUT2D eigenvalue weighted by atomic mass is 35.5. The molecule has 9 heteroatoms. The fourth-order valence-electron chi connectivity index (χ4n) is 4.84. The molecule has 8 nitrogen and oxygen atoms in total. The fourth-order valence-corrected chi connectivity index (χ4v) is 4.84. The molecule has 2 aromatic carbocycles. The van der Waals surface area contributed by atoms with Crippen LogP contribution in [-0.2, 0) is 6.42 Å². The third kappa shape index (κ3) is 4.69. The maximum absolute atomic E-state index is 4.58. The van der Waals surface area contributed by atoms with Gasteiger partial charge in [-0.05, 0) is 79.4 Å². The van der Waals surface area contributed by atoms with Gasteiger partial charge in [-0.1, -0.05) is 6.07 Å². The van der Waals surface area contributed by atoms with Crippen molar-refractivity contribution in [2.45, 2.75) is 26.3 Å². The molecule has 0 saturated carbocycles. The lowest BCUT2D eigenvalue weighted by atomic mass is 10.0. The van der Waals surface area contributed by atoms with Gasteiger partial charge in [-0.25, -0.2) is 19.5 Å². The molecule has 6 rings (SSSR count). The standard InChI is InChI=1S/C27H28N8.ClH/c1-18-11-22(4-3-21(18)12-20-7-9-35-26(13-20)30-17-32-35)33-27-24-14-23(5-6-25(24)29-16-31-27)34-10-8-28-15-19(34)2;/h3-7,9,11,13-14,16-17,19,28H,8,10,12,15H2,1-2H3,(H,29,31,33);1H. The minimum Gasteiger partial charge on any atom is -0.366 e. The molecule has 0 spiro atoms. The van der Waals surface area contributed by atoms with Gasteiger partial charge >= 0.3 is 0 Å². The zero-order valence-corrected chi connectivity index (χ0v) is 21.2. The van der Waals surface area contributed by atoms with E-state index in [0.29, 0.717) is 6.04 Å². The van der Waals surface area contributed by atoms with E-state index in [1.54, 1.807) is 17.2 Å². The molecule has 1 saturated heterocycles. The monoisotopic (exact) mass is 500 g/mol. The lowest BCUT2D eigenvalue weighted by Gasteiger charge is -2.36. The number of benzene rings is 2. The summed E-state index contributed by atoms with van der Waals surface area (Å²) in [6, 6.07) is 17.6. The molecule has 5 aromatic rings. The fraction of sp³-hybridized carbons (Fsp3) is 0.259. The Morgan fingerprint density at radius 2 is 1.94 bits per heavy atom. The average Bonchev–Trinajstić information content (AvgIpc) is 3.34. The first kappa shape index (κ1) is 24.0. The third-order valence-corrected chi connectivity index (χ3v) is 6.80. The van der Waals surface area contributed by atoms with Gasteiger partial charge in [-0.2, -0.15) is 5.10 Å². The predicted molar refractivity (Wildman–Crippen MR) is 147 cm³/mol. The minimum absolute atomic E-state index is 0. The van der Waals surface area contributed by atoms with E-state index in [0.717, 1.165) is 54.1 Å². The van der Waals surface area contributed by atoms with Crippen LogP contribution < -0.4 is 15.5 Å². The van der Waals surface area contributed by atoms with E-state index >= 15 is 0 Å². The molecule has 1 unspecified atom stereocenters. The van der Waals surface area contributed by atoms with Crippen molar-refractivity contribution in [1.29, 1.82) is 0 Å². The molecule has 0 aliphatic carbocycles. The Bertz CT molecular complexity index is 1510. The minimum atomic E-state index is 0. The Balaban J connectivity index is 0.00000267. The van der Waals surface area contributed by atoms with Crippen molar-refractivity contribution in [3.05, 3.63) is 84.1 Å². The second-order valence-corrected chi connectivity index (χ2v) is 9.21. The van der Waals surface area contributed by atoms with E-state index in [2.05, 4.69) is 98.0 Å². The Kier molecular flexibility index (Phi) is 6.71. The van der Waals surface area contributed by atoms with Crippen molar-refractivity contribution in [2.24, 2.45) is 0 Å². The number of hydrogen-bond donors (Lipinski definition) is 2. The number of fused-ring (bicyclic) bond motifs is 2. The number of pyridine rings is 1. The molecule has 2 N–H and O–H groups in total. The van der Waals surface area contributed by atoms with Crippen LogP contribution in [0.2, 0.25) is 0 Å². The van der Waals surface area contributed by atoms with Gasteiger partial charge in [-0.15, -0.1) is 12.4 Å². The lowest BCUT2D eigenvalue weighted by Crippen LogP contribution is -2.49. The SMILES string of the molecule is Cc1cc(Nc2ncnc3ccc(N4CCNCC4C)cc23)ccc1Cc1ccn2ncnc2c1.Cl. The van der Waals surface area contributed by atoms with Crippen LogP contribution in [0, 0.1) is 6.92 Å². The van der Waals surface area contributed by atoms with E-state index in [-0.39, 0.29) is 12.4 Å². The van der Waals surface area contributed by atoms with Crippen LogP contribution in [0.1, 0.15) is 23.6 Å². The molecule has 0 amide bonds. The molecule has 4 heterocycles. The summed E-state index contributed by atoms with van der Waals surface area (Å²) in [5.41, 5.74) is 7.74. The molecule has 1 aliphatic rings. The highest BCUT2D eigenvalue weighted by Crippen LogP contribution is 2.29. The summed E-state index contributed by atoms with van der Waals surface area (Å²) in [5, 5.41) is 12.2. The van der Waals surface area contributed by atoms with Crippen molar-refractivity contribution in [3.63, 3.8) is 0 Å². The predicted octanol–water partition coefficient (Wildman–Crippen LogP) is 4.54. The zero-order chi connectivity index (χ0) is 23.8. The highest BCUT2D eigenvalue weighted by Gasteiger charge is 2.19. The van der Waals surface area contributed by atoms with Crippen LogP contribution in [0.15, 0.2) is 67.4 Å². The number of aryl methyl sites for hydroxylation is 1. The van der Waals surface area contributed by atoms with Crippen LogP contribution in [-0.4, -0.2) is 50.2 Å². The molecule has 1 fully saturated rings. The Hall–Kier alpha value is -3.75. The van der Waals surface area contributed by atoms with Gasteiger partial charge in [0.25, 0.3) is 0 Å². The van der Waals surface area contributed by atoms with Gasteiger partial charge in [0.1, 0.15) is 18.5 Å². The summed E-state index contributed by atoms with van der Waals surface area (Å²) in [7, 11) is 0. The summed E-state index contributed by atoms with van der Waals surface area (Å²) in [6.07, 6.45) is 6.01. The van der Waals surface area contributed by atoms with E-state index < -0.39 is 0 Å². The molecule has 0 bridgehead atoms. The second-order valence-electron chi connectivity index (χ2n) is 9.21. The lowest BCUT2D eigenvalue weighted by molar-refractivity contribution is 0.501. The number of piperazine rings is 1. The van der Waals surface area contributed by atoms with Crippen LogP contribution >= 0.6 is 12.4 Å². The Labute approximate surface area is 216 Å². The molecular weight excluding hydrogens is 472 g/mol. The number of hydrogen-bond acceptors (Lipinski definition) is 7. The molecular formula is C27H29ClN8. The molecule has 1 atom stereocenters. The smallest absolute Gasteiger partial charge is 0.155 e. The normalized spacial score (nSPS) is 15.7. The first-order chi connectivity index (χ1) is 17.1. The van der Waals surface area contributed by atoms with Gasteiger partial charge < -0.3 is 15.5 Å². The summed E-state index contributed by atoms with van der Waals surface area (Å²) in [6.45, 7) is 7.39. The van der Waals surface area contributed by atoms with Crippen LogP contribution in [0.5, 0.6) is 0 Å². The molecule has 3 aromatic heterocycles. The van der Waals surface area contributed by atoms with Crippen LogP contribution in [0.3, 0.4) is 0 Å². The second kappa shape index (κ2) is 10.1. The molecule has 36 heavy (non-hydrogen) atoms. The molecule has 1 aliphatic heterocycles. The Morgan fingerprint density at radius 3 is 2.81 bits per heavy atom. The van der Waals surface area contributed by atoms with Gasteiger partial charge in [0.15, 0.2) is 5.65 Å². The third-order valence-electron chi connectivity index (χ3n) is 6.80. The van der Waals surface area contributed by atoms with Crippen molar-refractivity contribution in [3.8, 4) is 0 Å². The number of rotatable bonds is 5. The van der Waals surface area contributed by atoms with Gasteiger partial charge in [0.05, 0.1) is 5.52 Å². The van der Waals surface area contributed by atoms with Crippen molar-refractivity contribution < 1.29 is 0 Å². The zero-order valence-electron chi connectivity index (χ0n) is 20.3. The van der Waals surface area contributed by atoms with Crippen molar-refractivity contribution in [1.82, 2.24) is 29.9 Å². The summed E-state index contributed by atoms with van der Waals surface area (Å²) in [4.78, 5) is 15.8. The topological polar surface area (TPSA) is 83.3 Å². The first-order valence-electron chi connectivity index (χ1n) is 12.0. The van der Waals surface area contributed by atoms with E-state index in [9.17, 15) is 0 Å². The van der Waals surface area contributed by atoms with Crippen LogP contribution in [0.25, 0.3) is 16.6 Å². The van der Waals surface area contributed by atoms with E-state index in [4.69, 9.17) is 0 Å². The maximum Gasteiger partial charge on any atom is 0.155 e. The highest BCUT2D eigenvalue weighted by molar-refractivity contribution is 5.93. The van der Waals surface area contributed by atoms with Gasteiger partial charge in [-0.3, -0.25) is 0 Å². The number of nitrogens with zero attached hydrogens (tertiary/aromatic N) is 6. The summed E-state index contributed by atoms with van der Waals surface area (Å²) < 4.78 is 1.78. The number of halogens is 1. The summed E-state index contributed by atoms with van der Waals surface area (Å²) in [5.74, 6) is 0.823. The van der Waals surface area contributed by atoms with E-state index in [1.807, 2.05) is 6.20 Å². The van der Waals surface area contributed by atoms with Crippen molar-refractivity contribution >= 4 is 46.1 Å². The van der Waals surface area contributed by atoms with Gasteiger partial charge in [0.2, 0.25) is 0 Å². The molecule has 0 radical (unpaired) electrons. The maximum atomic E-state index is 4.58. The largest absolute Gasteiger partial charge is 0.366 e. The average molecular weight is 501 g/mol. The summed E-state index contributed by atoms with van der Waals surface area (Å²) >= 11 is 0. The Morgan fingerprint density at radius 1 is 1.03 bits per heavy atom. The number of anilines is 3. The van der Waals surface area contributed by atoms with Gasteiger partial charge in [0, 0.05) is 48.6 Å².